The van der Waals surface area contributed by atoms with Crippen LogP contribution in [0.25, 0.3) is 0 Å². The van der Waals surface area contributed by atoms with Crippen LogP contribution < -0.4 is 9.47 Å². The topological polar surface area (TPSA) is 115 Å². The Balaban J connectivity index is 1.84. The number of carbonyl (C=O) groups excluding carboxylic acids is 2. The van der Waals surface area contributed by atoms with Crippen LogP contribution in [0.1, 0.15) is 47.5 Å². The van der Waals surface area contributed by atoms with Crippen molar-refractivity contribution in [2.75, 3.05) is 27.3 Å². The van der Waals surface area contributed by atoms with Crippen molar-refractivity contribution in [1.82, 2.24) is 9.80 Å². The summed E-state index contributed by atoms with van der Waals surface area (Å²) in [5, 5.41) is 11.4. The monoisotopic (exact) mass is 537 g/mol. The van der Waals surface area contributed by atoms with E-state index in [4.69, 9.17) is 13.9 Å². The van der Waals surface area contributed by atoms with Crippen molar-refractivity contribution in [3.8, 4) is 11.5 Å². The SMILES string of the molecule is CC[C@H](C)N(CC(=O)N(CCc1ccc(OC)c(OC)c1)Cc1ccco1)C(=O)c1ccc(C)c([N+](=O)[O-])c1. The van der Waals surface area contributed by atoms with Gasteiger partial charge in [0.2, 0.25) is 5.91 Å². The molecule has 0 aliphatic rings. The Hall–Kier alpha value is -4.34. The van der Waals surface area contributed by atoms with Crippen LogP contribution >= 0.6 is 0 Å². The van der Waals surface area contributed by atoms with Gasteiger partial charge in [0.25, 0.3) is 11.6 Å². The molecule has 1 heterocycles. The fourth-order valence-electron chi connectivity index (χ4n) is 4.18. The van der Waals surface area contributed by atoms with Gasteiger partial charge in [0, 0.05) is 29.8 Å². The Morgan fingerprint density at radius 1 is 1.08 bits per heavy atom. The molecule has 208 valence electrons. The lowest BCUT2D eigenvalue weighted by Gasteiger charge is -2.31. The molecule has 0 bridgehead atoms. The number of rotatable bonds is 13. The molecule has 1 aromatic heterocycles. The van der Waals surface area contributed by atoms with Gasteiger partial charge in [-0.2, -0.15) is 0 Å². The summed E-state index contributed by atoms with van der Waals surface area (Å²) in [6.45, 7) is 5.82. The first-order valence-corrected chi connectivity index (χ1v) is 12.8. The number of furan rings is 1. The molecule has 0 radical (unpaired) electrons. The van der Waals surface area contributed by atoms with Crippen LogP contribution in [0.15, 0.2) is 59.2 Å². The van der Waals surface area contributed by atoms with Crippen LogP contribution in [-0.2, 0) is 17.8 Å². The van der Waals surface area contributed by atoms with E-state index in [2.05, 4.69) is 0 Å². The molecular weight excluding hydrogens is 502 g/mol. The highest BCUT2D eigenvalue weighted by molar-refractivity contribution is 5.97. The number of amides is 2. The molecule has 0 aliphatic carbocycles. The molecule has 0 fully saturated rings. The summed E-state index contributed by atoms with van der Waals surface area (Å²) < 4.78 is 16.2. The lowest BCUT2D eigenvalue weighted by molar-refractivity contribution is -0.385. The Morgan fingerprint density at radius 2 is 1.82 bits per heavy atom. The van der Waals surface area contributed by atoms with E-state index < -0.39 is 10.8 Å². The van der Waals surface area contributed by atoms with Gasteiger partial charge in [-0.05, 0) is 62.6 Å². The molecule has 3 aromatic rings. The van der Waals surface area contributed by atoms with E-state index >= 15 is 0 Å². The largest absolute Gasteiger partial charge is 0.493 e. The molecule has 0 saturated heterocycles. The molecule has 0 unspecified atom stereocenters. The molecule has 10 heteroatoms. The Labute approximate surface area is 228 Å². The van der Waals surface area contributed by atoms with E-state index in [-0.39, 0.29) is 36.3 Å². The predicted octanol–water partition coefficient (Wildman–Crippen LogP) is 5.03. The summed E-state index contributed by atoms with van der Waals surface area (Å²) in [6, 6.07) is 13.3. The lowest BCUT2D eigenvalue weighted by Crippen LogP contribution is -2.46. The molecule has 2 amide bonds. The van der Waals surface area contributed by atoms with Crippen LogP contribution in [0.5, 0.6) is 11.5 Å². The van der Waals surface area contributed by atoms with Gasteiger partial charge in [-0.25, -0.2) is 0 Å². The van der Waals surface area contributed by atoms with Crippen molar-refractivity contribution in [3.63, 3.8) is 0 Å². The summed E-state index contributed by atoms with van der Waals surface area (Å²) in [5.74, 6) is 1.13. The number of aryl methyl sites for hydroxylation is 1. The van der Waals surface area contributed by atoms with Crippen LogP contribution in [0.4, 0.5) is 5.69 Å². The van der Waals surface area contributed by atoms with E-state index in [9.17, 15) is 19.7 Å². The quantitative estimate of drug-likeness (QED) is 0.222. The normalized spacial score (nSPS) is 11.5. The average Bonchev–Trinajstić information content (AvgIpc) is 3.46. The van der Waals surface area contributed by atoms with Gasteiger partial charge >= 0.3 is 0 Å². The van der Waals surface area contributed by atoms with Crippen LogP contribution in [0.2, 0.25) is 0 Å². The van der Waals surface area contributed by atoms with E-state index in [0.717, 1.165) is 5.56 Å². The number of benzene rings is 2. The summed E-state index contributed by atoms with van der Waals surface area (Å²) in [7, 11) is 3.14. The Kier molecular flexibility index (Phi) is 10.1. The van der Waals surface area contributed by atoms with E-state index in [1.165, 1.54) is 11.0 Å². The molecular formula is C29H35N3O7. The Morgan fingerprint density at radius 3 is 2.44 bits per heavy atom. The third-order valence-corrected chi connectivity index (χ3v) is 6.74. The standard InChI is InChI=1S/C29H35N3O7/c1-6-21(3)31(29(34)23-11-9-20(2)25(17-23)32(35)36)19-28(33)30(18-24-8-7-15-39-24)14-13-22-10-12-26(37-4)27(16-22)38-5/h7-12,15-17,21H,6,13-14,18-19H2,1-5H3/t21-/m0/s1. The van der Waals surface area contributed by atoms with E-state index in [1.807, 2.05) is 32.0 Å². The summed E-state index contributed by atoms with van der Waals surface area (Å²) in [6.07, 6.45) is 2.69. The van der Waals surface area contributed by atoms with Gasteiger partial charge in [0.05, 0.1) is 32.0 Å². The summed E-state index contributed by atoms with van der Waals surface area (Å²) >= 11 is 0. The number of hydrogen-bond acceptors (Lipinski definition) is 7. The average molecular weight is 538 g/mol. The van der Waals surface area contributed by atoms with Gasteiger partial charge < -0.3 is 23.7 Å². The zero-order valence-electron chi connectivity index (χ0n) is 23.0. The second-order valence-corrected chi connectivity index (χ2v) is 9.28. The number of methoxy groups -OCH3 is 2. The number of ether oxygens (including phenoxy) is 2. The van der Waals surface area contributed by atoms with Crippen molar-refractivity contribution in [2.45, 2.75) is 46.2 Å². The van der Waals surface area contributed by atoms with E-state index in [1.54, 1.807) is 56.6 Å². The zero-order chi connectivity index (χ0) is 28.5. The third-order valence-electron chi connectivity index (χ3n) is 6.74. The van der Waals surface area contributed by atoms with E-state index in [0.29, 0.717) is 42.2 Å². The van der Waals surface area contributed by atoms with Gasteiger partial charge in [-0.1, -0.05) is 19.1 Å². The fraction of sp³-hybridized carbons (Fsp3) is 0.379. The smallest absolute Gasteiger partial charge is 0.273 e. The van der Waals surface area contributed by atoms with Crippen molar-refractivity contribution >= 4 is 17.5 Å². The molecule has 10 nitrogen and oxygen atoms in total. The zero-order valence-corrected chi connectivity index (χ0v) is 23.0. The molecule has 1 atom stereocenters. The lowest BCUT2D eigenvalue weighted by atomic mass is 10.1. The van der Waals surface area contributed by atoms with Gasteiger partial charge in [-0.15, -0.1) is 0 Å². The van der Waals surface area contributed by atoms with Gasteiger partial charge in [0.1, 0.15) is 12.3 Å². The maximum atomic E-state index is 13.6. The number of nitro groups is 1. The molecule has 0 aliphatic heterocycles. The number of hydrogen-bond donors (Lipinski definition) is 0. The number of carbonyl (C=O) groups is 2. The Bertz CT molecular complexity index is 1290. The highest BCUT2D eigenvalue weighted by Gasteiger charge is 2.27. The minimum atomic E-state index is -0.510. The first-order chi connectivity index (χ1) is 18.7. The van der Waals surface area contributed by atoms with Crippen molar-refractivity contribution in [1.29, 1.82) is 0 Å². The van der Waals surface area contributed by atoms with Crippen LogP contribution in [-0.4, -0.2) is 59.9 Å². The first-order valence-electron chi connectivity index (χ1n) is 12.8. The second kappa shape index (κ2) is 13.5. The first kappa shape index (κ1) is 29.2. The minimum absolute atomic E-state index is 0.134. The molecule has 0 N–H and O–H groups in total. The van der Waals surface area contributed by atoms with Gasteiger partial charge in [0.15, 0.2) is 11.5 Å². The maximum absolute atomic E-state index is 13.6. The maximum Gasteiger partial charge on any atom is 0.273 e. The second-order valence-electron chi connectivity index (χ2n) is 9.28. The van der Waals surface area contributed by atoms with Crippen molar-refractivity contribution in [3.05, 3.63) is 87.4 Å². The number of nitro benzene ring substituents is 1. The summed E-state index contributed by atoms with van der Waals surface area (Å²) in [5.41, 5.74) is 1.45. The van der Waals surface area contributed by atoms with Crippen LogP contribution in [0.3, 0.4) is 0 Å². The fourth-order valence-corrected chi connectivity index (χ4v) is 4.18. The summed E-state index contributed by atoms with van der Waals surface area (Å²) in [4.78, 5) is 41.2. The molecule has 0 saturated carbocycles. The van der Waals surface area contributed by atoms with Crippen molar-refractivity contribution in [2.24, 2.45) is 0 Å². The molecule has 2 aromatic carbocycles. The molecule has 39 heavy (non-hydrogen) atoms. The van der Waals surface area contributed by atoms with Crippen LogP contribution in [0, 0.1) is 17.0 Å². The highest BCUT2D eigenvalue weighted by atomic mass is 16.6. The third kappa shape index (κ3) is 7.37. The van der Waals surface area contributed by atoms with Gasteiger partial charge in [-0.3, -0.25) is 19.7 Å². The number of nitrogens with zero attached hydrogens (tertiary/aromatic N) is 3. The molecule has 0 spiro atoms. The predicted molar refractivity (Wildman–Crippen MR) is 146 cm³/mol. The van der Waals surface area contributed by atoms with Crippen molar-refractivity contribution < 1.29 is 28.4 Å². The minimum Gasteiger partial charge on any atom is -0.493 e. The molecule has 3 rings (SSSR count). The highest BCUT2D eigenvalue weighted by Crippen LogP contribution is 2.28.